The minimum absolute atomic E-state index is 0.208. The lowest BCUT2D eigenvalue weighted by Gasteiger charge is -2.33. The van der Waals surface area contributed by atoms with Crippen LogP contribution in [0.25, 0.3) is 0 Å². The summed E-state index contributed by atoms with van der Waals surface area (Å²) < 4.78 is 1.91. The fourth-order valence-electron chi connectivity index (χ4n) is 2.94. The molecule has 2 rings (SSSR count). The number of aryl methyl sites for hydroxylation is 1. The molecule has 0 unspecified atom stereocenters. The lowest BCUT2D eigenvalue weighted by molar-refractivity contribution is 0.242. The van der Waals surface area contributed by atoms with Crippen molar-refractivity contribution < 1.29 is 0 Å². The molecule has 0 aromatic carbocycles. The van der Waals surface area contributed by atoms with Crippen LogP contribution in [0.1, 0.15) is 52.1 Å². The van der Waals surface area contributed by atoms with Crippen LogP contribution in [0.4, 0.5) is 0 Å². The van der Waals surface area contributed by atoms with E-state index in [0.717, 1.165) is 13.0 Å². The van der Waals surface area contributed by atoms with Gasteiger partial charge in [-0.15, -0.1) is 0 Å². The molecule has 0 aliphatic heterocycles. The van der Waals surface area contributed by atoms with Crippen LogP contribution in [0.3, 0.4) is 0 Å². The molecule has 18 heavy (non-hydrogen) atoms. The first kappa shape index (κ1) is 13.6. The van der Waals surface area contributed by atoms with E-state index in [4.69, 9.17) is 0 Å². The van der Waals surface area contributed by atoms with E-state index in [1.165, 1.54) is 31.4 Å². The standard InChI is InChI=1S/C15H27N3/c1-14(2,3)16-12-15(8-5-6-9-15)11-13-7-10-18(4)17-13/h7,10,16H,5-6,8-9,11-12H2,1-4H3. The van der Waals surface area contributed by atoms with E-state index in [1.54, 1.807) is 0 Å². The van der Waals surface area contributed by atoms with E-state index in [0.29, 0.717) is 5.41 Å². The lowest BCUT2D eigenvalue weighted by atomic mass is 9.81. The number of nitrogens with zero attached hydrogens (tertiary/aromatic N) is 2. The molecule has 1 fully saturated rings. The van der Waals surface area contributed by atoms with Crippen molar-refractivity contribution in [1.82, 2.24) is 15.1 Å². The zero-order valence-corrected chi connectivity index (χ0v) is 12.3. The normalized spacial score (nSPS) is 19.3. The Morgan fingerprint density at radius 2 is 2.00 bits per heavy atom. The van der Waals surface area contributed by atoms with Crippen LogP contribution in [0.2, 0.25) is 0 Å². The van der Waals surface area contributed by atoms with E-state index in [9.17, 15) is 0 Å². The summed E-state index contributed by atoms with van der Waals surface area (Å²) in [4.78, 5) is 0. The van der Waals surface area contributed by atoms with Gasteiger partial charge in [0.15, 0.2) is 0 Å². The first-order chi connectivity index (χ1) is 8.39. The van der Waals surface area contributed by atoms with E-state index in [2.05, 4.69) is 43.4 Å². The third kappa shape index (κ3) is 3.58. The third-order valence-electron chi connectivity index (χ3n) is 3.98. The number of aromatic nitrogens is 2. The lowest BCUT2D eigenvalue weighted by Crippen LogP contribution is -2.44. The smallest absolute Gasteiger partial charge is 0.0630 e. The van der Waals surface area contributed by atoms with E-state index in [1.807, 2.05) is 11.7 Å². The molecule has 1 heterocycles. The Kier molecular flexibility index (Phi) is 3.81. The van der Waals surface area contributed by atoms with Gasteiger partial charge in [0.05, 0.1) is 5.69 Å². The number of hydrogen-bond acceptors (Lipinski definition) is 2. The summed E-state index contributed by atoms with van der Waals surface area (Å²) in [5, 5.41) is 8.25. The molecule has 0 radical (unpaired) electrons. The summed E-state index contributed by atoms with van der Waals surface area (Å²) in [6, 6.07) is 2.16. The topological polar surface area (TPSA) is 29.9 Å². The average Bonchev–Trinajstić information content (AvgIpc) is 2.86. The van der Waals surface area contributed by atoms with Crippen LogP contribution in [0, 0.1) is 5.41 Å². The largest absolute Gasteiger partial charge is 0.312 e. The molecule has 1 N–H and O–H groups in total. The highest BCUT2D eigenvalue weighted by Crippen LogP contribution is 2.40. The van der Waals surface area contributed by atoms with Crippen molar-refractivity contribution in [2.24, 2.45) is 12.5 Å². The second kappa shape index (κ2) is 5.04. The van der Waals surface area contributed by atoms with Crippen molar-refractivity contribution in [2.45, 2.75) is 58.4 Å². The molecule has 1 aromatic rings. The van der Waals surface area contributed by atoms with Crippen molar-refractivity contribution in [3.8, 4) is 0 Å². The molecular weight excluding hydrogens is 222 g/mol. The first-order valence-electron chi connectivity index (χ1n) is 7.12. The minimum atomic E-state index is 0.208. The van der Waals surface area contributed by atoms with Gasteiger partial charge in [-0.2, -0.15) is 5.10 Å². The van der Waals surface area contributed by atoms with E-state index in [-0.39, 0.29) is 5.54 Å². The maximum absolute atomic E-state index is 4.55. The molecule has 1 aromatic heterocycles. The number of rotatable bonds is 4. The zero-order chi connectivity index (χ0) is 13.2. The van der Waals surface area contributed by atoms with E-state index < -0.39 is 0 Å². The monoisotopic (exact) mass is 249 g/mol. The van der Waals surface area contributed by atoms with Crippen molar-refractivity contribution in [2.75, 3.05) is 6.54 Å². The van der Waals surface area contributed by atoms with Crippen molar-refractivity contribution in [3.05, 3.63) is 18.0 Å². The first-order valence-corrected chi connectivity index (χ1v) is 7.12. The molecule has 1 aliphatic rings. The van der Waals surface area contributed by atoms with E-state index >= 15 is 0 Å². The highest BCUT2D eigenvalue weighted by Gasteiger charge is 2.35. The zero-order valence-electron chi connectivity index (χ0n) is 12.3. The summed E-state index contributed by atoms with van der Waals surface area (Å²) in [6.07, 6.45) is 8.60. The van der Waals surface area contributed by atoms with Gasteiger partial charge < -0.3 is 5.32 Å². The molecule has 1 saturated carbocycles. The predicted octanol–water partition coefficient (Wildman–Crippen LogP) is 2.91. The Balaban J connectivity index is 2.02. The van der Waals surface area contributed by atoms with Gasteiger partial charge in [0, 0.05) is 25.3 Å². The fraction of sp³-hybridized carbons (Fsp3) is 0.800. The molecule has 0 amide bonds. The van der Waals surface area contributed by atoms with Gasteiger partial charge in [0.2, 0.25) is 0 Å². The van der Waals surface area contributed by atoms with Gasteiger partial charge >= 0.3 is 0 Å². The summed E-state index contributed by atoms with van der Waals surface area (Å²) in [6.45, 7) is 7.86. The Hall–Kier alpha value is -0.830. The average molecular weight is 249 g/mol. The predicted molar refractivity (Wildman–Crippen MR) is 75.6 cm³/mol. The van der Waals surface area contributed by atoms with Gasteiger partial charge in [-0.1, -0.05) is 12.8 Å². The van der Waals surface area contributed by atoms with Gasteiger partial charge in [0.25, 0.3) is 0 Å². The highest BCUT2D eigenvalue weighted by molar-refractivity contribution is 5.05. The molecule has 1 aliphatic carbocycles. The van der Waals surface area contributed by atoms with Gasteiger partial charge in [-0.05, 0) is 51.5 Å². The molecular formula is C15H27N3. The van der Waals surface area contributed by atoms with Crippen molar-refractivity contribution in [1.29, 1.82) is 0 Å². The second-order valence-electron chi connectivity index (χ2n) is 6.97. The van der Waals surface area contributed by atoms with Crippen LogP contribution in [0.5, 0.6) is 0 Å². The molecule has 3 nitrogen and oxygen atoms in total. The second-order valence-corrected chi connectivity index (χ2v) is 6.97. The van der Waals surface area contributed by atoms with Crippen LogP contribution in [-0.2, 0) is 13.5 Å². The maximum Gasteiger partial charge on any atom is 0.0630 e. The Bertz CT molecular complexity index is 381. The van der Waals surface area contributed by atoms with Crippen molar-refractivity contribution >= 4 is 0 Å². The molecule has 0 atom stereocenters. The summed E-state index contributed by atoms with van der Waals surface area (Å²) in [5.41, 5.74) is 1.89. The van der Waals surface area contributed by atoms with Crippen LogP contribution in [0.15, 0.2) is 12.3 Å². The van der Waals surface area contributed by atoms with Crippen LogP contribution >= 0.6 is 0 Å². The SMILES string of the molecule is Cn1ccc(CC2(CNC(C)(C)C)CCCC2)n1. The van der Waals surface area contributed by atoms with Gasteiger partial charge in [-0.25, -0.2) is 0 Å². The summed E-state index contributed by atoms with van der Waals surface area (Å²) in [7, 11) is 2.00. The van der Waals surface area contributed by atoms with Crippen LogP contribution in [-0.4, -0.2) is 21.9 Å². The molecule has 0 bridgehead atoms. The number of nitrogens with one attached hydrogen (secondary N) is 1. The summed E-state index contributed by atoms with van der Waals surface area (Å²) in [5.74, 6) is 0. The van der Waals surface area contributed by atoms with Crippen molar-refractivity contribution in [3.63, 3.8) is 0 Å². The van der Waals surface area contributed by atoms with Gasteiger partial charge in [0.1, 0.15) is 0 Å². The minimum Gasteiger partial charge on any atom is -0.312 e. The Labute approximate surface area is 111 Å². The summed E-state index contributed by atoms with van der Waals surface area (Å²) >= 11 is 0. The molecule has 3 heteroatoms. The third-order valence-corrected chi connectivity index (χ3v) is 3.98. The van der Waals surface area contributed by atoms with Crippen LogP contribution < -0.4 is 5.32 Å². The fourth-order valence-corrected chi connectivity index (χ4v) is 2.94. The molecule has 102 valence electrons. The molecule has 0 spiro atoms. The molecule has 0 saturated heterocycles. The highest BCUT2D eigenvalue weighted by atomic mass is 15.2. The Morgan fingerprint density at radius 1 is 1.33 bits per heavy atom. The quantitative estimate of drug-likeness (QED) is 0.889. The maximum atomic E-state index is 4.55. The number of hydrogen-bond donors (Lipinski definition) is 1. The van der Waals surface area contributed by atoms with Gasteiger partial charge in [-0.3, -0.25) is 4.68 Å². The Morgan fingerprint density at radius 3 is 2.50 bits per heavy atom.